The predicted octanol–water partition coefficient (Wildman–Crippen LogP) is 5.19. The van der Waals surface area contributed by atoms with Crippen molar-refractivity contribution in [3.05, 3.63) is 64.5 Å². The van der Waals surface area contributed by atoms with Crippen LogP contribution in [0.15, 0.2) is 48.5 Å². The molecule has 0 unspecified atom stereocenters. The lowest BCUT2D eigenvalue weighted by atomic mass is 10.1. The number of fused-ring (bicyclic) bond motifs is 1. The molecule has 0 spiro atoms. The lowest BCUT2D eigenvalue weighted by Crippen LogP contribution is -2.31. The fraction of sp³-hybridized carbons (Fsp3) is 0.375. The number of carbonyl (C=O) groups is 1. The third-order valence-corrected chi connectivity index (χ3v) is 7.98. The van der Waals surface area contributed by atoms with Crippen LogP contribution in [0.5, 0.6) is 0 Å². The van der Waals surface area contributed by atoms with Gasteiger partial charge in [-0.05, 0) is 55.0 Å². The Morgan fingerprint density at radius 3 is 2.32 bits per heavy atom. The average molecular weight is 457 g/mol. The van der Waals surface area contributed by atoms with Gasteiger partial charge in [-0.25, -0.2) is 8.42 Å². The standard InChI is InChI=1S/C24H28N2O3S2/c1-18-7-9-19(10-8-18)17-26(31(2,28)29)21-11-12-22-20(15-21)16-23(30-22)24(27)25-13-5-3-4-6-14-25/h7-12,15-16H,3-6,13-14,17H2,1-2H3. The number of hydrogen-bond donors (Lipinski definition) is 0. The Morgan fingerprint density at radius 2 is 1.68 bits per heavy atom. The number of nitrogens with zero attached hydrogens (tertiary/aromatic N) is 2. The fourth-order valence-electron chi connectivity index (χ4n) is 3.98. The van der Waals surface area contributed by atoms with Gasteiger partial charge in [-0.2, -0.15) is 0 Å². The molecule has 0 bridgehead atoms. The number of carbonyl (C=O) groups excluding carboxylic acids is 1. The molecule has 0 aliphatic carbocycles. The molecule has 1 aliphatic heterocycles. The van der Waals surface area contributed by atoms with Gasteiger partial charge in [0.1, 0.15) is 0 Å². The Kier molecular flexibility index (Phi) is 6.34. The van der Waals surface area contributed by atoms with Gasteiger partial charge in [0.15, 0.2) is 0 Å². The number of thiophene rings is 1. The molecule has 0 saturated carbocycles. The van der Waals surface area contributed by atoms with Gasteiger partial charge in [0, 0.05) is 17.8 Å². The molecule has 7 heteroatoms. The Morgan fingerprint density at radius 1 is 1.00 bits per heavy atom. The van der Waals surface area contributed by atoms with Gasteiger partial charge in [0.2, 0.25) is 10.0 Å². The molecule has 0 atom stereocenters. The summed E-state index contributed by atoms with van der Waals surface area (Å²) in [4.78, 5) is 15.7. The van der Waals surface area contributed by atoms with Gasteiger partial charge in [-0.15, -0.1) is 11.3 Å². The van der Waals surface area contributed by atoms with E-state index in [0.29, 0.717) is 5.69 Å². The first-order valence-electron chi connectivity index (χ1n) is 10.7. The van der Waals surface area contributed by atoms with E-state index in [2.05, 4.69) is 0 Å². The summed E-state index contributed by atoms with van der Waals surface area (Å²) in [6.45, 7) is 3.91. The summed E-state index contributed by atoms with van der Waals surface area (Å²) in [5.74, 6) is 0.0873. The quantitative estimate of drug-likeness (QED) is 0.531. The monoisotopic (exact) mass is 456 g/mol. The number of anilines is 1. The van der Waals surface area contributed by atoms with Crippen LogP contribution in [0.25, 0.3) is 10.1 Å². The zero-order valence-electron chi connectivity index (χ0n) is 18.0. The van der Waals surface area contributed by atoms with Crippen LogP contribution in [0.1, 0.15) is 46.5 Å². The number of benzene rings is 2. The summed E-state index contributed by atoms with van der Waals surface area (Å²) in [5, 5.41) is 0.901. The van der Waals surface area contributed by atoms with E-state index in [4.69, 9.17) is 0 Å². The number of aryl methyl sites for hydroxylation is 1. The molecule has 4 rings (SSSR count). The lowest BCUT2D eigenvalue weighted by molar-refractivity contribution is 0.0766. The van der Waals surface area contributed by atoms with E-state index < -0.39 is 10.0 Å². The van der Waals surface area contributed by atoms with E-state index in [-0.39, 0.29) is 12.5 Å². The highest BCUT2D eigenvalue weighted by Gasteiger charge is 2.21. The zero-order chi connectivity index (χ0) is 22.0. The Hall–Kier alpha value is -2.38. The van der Waals surface area contributed by atoms with Crippen molar-refractivity contribution >= 4 is 43.0 Å². The maximum absolute atomic E-state index is 13.0. The molecule has 2 aromatic carbocycles. The Balaban J connectivity index is 1.63. The number of amides is 1. The highest BCUT2D eigenvalue weighted by atomic mass is 32.2. The number of sulfonamides is 1. The molecular formula is C24H28N2O3S2. The van der Waals surface area contributed by atoms with E-state index in [0.717, 1.165) is 52.0 Å². The van der Waals surface area contributed by atoms with Crippen LogP contribution in [0.3, 0.4) is 0 Å². The molecule has 0 N–H and O–H groups in total. The van der Waals surface area contributed by atoms with Crippen molar-refractivity contribution in [2.24, 2.45) is 0 Å². The minimum Gasteiger partial charge on any atom is -0.338 e. The number of hydrogen-bond acceptors (Lipinski definition) is 4. The van der Waals surface area contributed by atoms with E-state index >= 15 is 0 Å². The Bertz CT molecular complexity index is 1180. The van der Waals surface area contributed by atoms with E-state index in [1.54, 1.807) is 0 Å². The first-order chi connectivity index (χ1) is 14.8. The van der Waals surface area contributed by atoms with E-state index in [9.17, 15) is 13.2 Å². The minimum absolute atomic E-state index is 0.0873. The average Bonchev–Trinajstić information content (AvgIpc) is 2.96. The highest BCUT2D eigenvalue weighted by molar-refractivity contribution is 7.92. The second-order valence-corrected chi connectivity index (χ2v) is 11.3. The molecule has 3 aromatic rings. The van der Waals surface area contributed by atoms with Crippen molar-refractivity contribution in [3.8, 4) is 0 Å². The first-order valence-corrected chi connectivity index (χ1v) is 13.3. The van der Waals surface area contributed by atoms with Crippen molar-refractivity contribution in [2.75, 3.05) is 23.7 Å². The van der Waals surface area contributed by atoms with Gasteiger partial charge >= 0.3 is 0 Å². The van der Waals surface area contributed by atoms with Gasteiger partial charge in [-0.3, -0.25) is 9.10 Å². The van der Waals surface area contributed by atoms with Gasteiger partial charge in [0.25, 0.3) is 5.91 Å². The molecular weight excluding hydrogens is 428 g/mol. The van der Waals surface area contributed by atoms with Crippen LogP contribution in [0, 0.1) is 6.92 Å². The molecule has 2 heterocycles. The highest BCUT2D eigenvalue weighted by Crippen LogP contribution is 2.32. The third kappa shape index (κ3) is 5.10. The molecule has 1 amide bonds. The topological polar surface area (TPSA) is 57.7 Å². The summed E-state index contributed by atoms with van der Waals surface area (Å²) in [7, 11) is -3.46. The van der Waals surface area contributed by atoms with E-state index in [1.165, 1.54) is 34.7 Å². The maximum atomic E-state index is 13.0. The van der Waals surface area contributed by atoms with Gasteiger partial charge in [0.05, 0.1) is 23.4 Å². The van der Waals surface area contributed by atoms with Crippen molar-refractivity contribution in [1.82, 2.24) is 4.90 Å². The zero-order valence-corrected chi connectivity index (χ0v) is 19.6. The molecule has 5 nitrogen and oxygen atoms in total. The summed E-state index contributed by atoms with van der Waals surface area (Å²) in [6.07, 6.45) is 5.71. The first kappa shape index (κ1) is 21.8. The van der Waals surface area contributed by atoms with Crippen molar-refractivity contribution < 1.29 is 13.2 Å². The fourth-order valence-corrected chi connectivity index (χ4v) is 5.87. The van der Waals surface area contributed by atoms with Gasteiger partial charge in [-0.1, -0.05) is 42.7 Å². The summed E-state index contributed by atoms with van der Waals surface area (Å²) in [5.41, 5.74) is 2.68. The van der Waals surface area contributed by atoms with Crippen molar-refractivity contribution in [1.29, 1.82) is 0 Å². The second kappa shape index (κ2) is 9.01. The van der Waals surface area contributed by atoms with Gasteiger partial charge < -0.3 is 4.90 Å². The molecule has 1 aliphatic rings. The minimum atomic E-state index is -3.46. The largest absolute Gasteiger partial charge is 0.338 e. The summed E-state index contributed by atoms with van der Waals surface area (Å²) >= 11 is 1.48. The normalized spacial score (nSPS) is 15.1. The number of likely N-dealkylation sites (tertiary alicyclic amines) is 1. The molecule has 1 saturated heterocycles. The van der Waals surface area contributed by atoms with Crippen LogP contribution in [-0.4, -0.2) is 38.6 Å². The lowest BCUT2D eigenvalue weighted by Gasteiger charge is -2.22. The third-order valence-electron chi connectivity index (χ3n) is 5.74. The van der Waals surface area contributed by atoms with Crippen LogP contribution in [0.4, 0.5) is 5.69 Å². The molecule has 1 aromatic heterocycles. The second-order valence-electron chi connectivity index (χ2n) is 8.29. The van der Waals surface area contributed by atoms with Crippen LogP contribution in [0.2, 0.25) is 0 Å². The van der Waals surface area contributed by atoms with Crippen molar-refractivity contribution in [3.63, 3.8) is 0 Å². The molecule has 31 heavy (non-hydrogen) atoms. The molecule has 1 fully saturated rings. The van der Waals surface area contributed by atoms with Crippen LogP contribution in [-0.2, 0) is 16.6 Å². The van der Waals surface area contributed by atoms with E-state index in [1.807, 2.05) is 60.4 Å². The molecule has 164 valence electrons. The van der Waals surface area contributed by atoms with Crippen LogP contribution >= 0.6 is 11.3 Å². The SMILES string of the molecule is Cc1ccc(CN(c2ccc3sc(C(=O)N4CCCCCC4)cc3c2)S(C)(=O)=O)cc1. The Labute approximate surface area is 188 Å². The van der Waals surface area contributed by atoms with Crippen molar-refractivity contribution in [2.45, 2.75) is 39.2 Å². The maximum Gasteiger partial charge on any atom is 0.263 e. The summed E-state index contributed by atoms with van der Waals surface area (Å²) < 4.78 is 27.5. The number of rotatable bonds is 5. The smallest absolute Gasteiger partial charge is 0.263 e. The molecule has 0 radical (unpaired) electrons. The van der Waals surface area contributed by atoms with Crippen LogP contribution < -0.4 is 4.31 Å². The summed E-state index contributed by atoms with van der Waals surface area (Å²) in [6, 6.07) is 15.4. The predicted molar refractivity (Wildman–Crippen MR) is 128 cm³/mol.